The van der Waals surface area contributed by atoms with Gasteiger partial charge in [0, 0.05) is 10.8 Å². The fourth-order valence-electron chi connectivity index (χ4n) is 2.09. The Morgan fingerprint density at radius 1 is 1.39 bits per heavy atom. The number of hydrogen-bond donors (Lipinski definition) is 2. The molecule has 0 aliphatic heterocycles. The highest BCUT2D eigenvalue weighted by molar-refractivity contribution is 7.13. The van der Waals surface area contributed by atoms with Crippen molar-refractivity contribution < 1.29 is 14.6 Å². The van der Waals surface area contributed by atoms with Gasteiger partial charge in [-0.15, -0.1) is 21.6 Å². The third-order valence-corrected chi connectivity index (χ3v) is 3.84. The van der Waals surface area contributed by atoms with Crippen LogP contribution in [-0.4, -0.2) is 27.7 Å². The minimum absolute atomic E-state index is 0.0433. The Labute approximate surface area is 135 Å². The van der Waals surface area contributed by atoms with Gasteiger partial charge >= 0.3 is 5.97 Å². The van der Waals surface area contributed by atoms with E-state index in [-0.39, 0.29) is 18.3 Å². The number of azo groups is 1. The third kappa shape index (κ3) is 3.37. The predicted molar refractivity (Wildman–Crippen MR) is 86.6 cm³/mol. The summed E-state index contributed by atoms with van der Waals surface area (Å²) in [5, 5.41) is 20.9. The molecule has 0 saturated heterocycles. The summed E-state index contributed by atoms with van der Waals surface area (Å²) >= 11 is 1.27. The Bertz CT molecular complexity index is 869. The zero-order chi connectivity index (χ0) is 16.2. The monoisotopic (exact) mass is 330 g/mol. The minimum Gasteiger partial charge on any atom is -0.493 e. The maximum Gasteiger partial charge on any atom is 0.311 e. The number of nitrogens with one attached hydrogen (secondary N) is 1. The van der Waals surface area contributed by atoms with Crippen molar-refractivity contribution in [3.63, 3.8) is 0 Å². The van der Waals surface area contributed by atoms with Crippen LogP contribution in [-0.2, 0) is 16.0 Å². The first kappa shape index (κ1) is 15.2. The molecule has 0 aliphatic rings. The van der Waals surface area contributed by atoms with Crippen LogP contribution in [0.4, 0.5) is 10.8 Å². The molecule has 7 nitrogen and oxygen atoms in total. The summed E-state index contributed by atoms with van der Waals surface area (Å²) in [6.45, 7) is 2.10. The summed E-state index contributed by atoms with van der Waals surface area (Å²) in [4.78, 5) is 18.4. The lowest BCUT2D eigenvalue weighted by Crippen LogP contribution is -2.07. The van der Waals surface area contributed by atoms with E-state index in [0.29, 0.717) is 23.1 Å². The Morgan fingerprint density at radius 2 is 2.22 bits per heavy atom. The average Bonchev–Trinajstić information content (AvgIpc) is 3.09. The van der Waals surface area contributed by atoms with Gasteiger partial charge in [-0.3, -0.25) is 4.79 Å². The number of carbonyl (C=O) groups is 1. The van der Waals surface area contributed by atoms with Crippen molar-refractivity contribution in [3.05, 3.63) is 35.3 Å². The third-order valence-electron chi connectivity index (χ3n) is 3.07. The molecule has 0 bridgehead atoms. The number of ether oxygens (including phenoxy) is 1. The Hall–Kier alpha value is -2.74. The molecular formula is C15H14N4O3S. The summed E-state index contributed by atoms with van der Waals surface area (Å²) in [5.41, 5.74) is 1.73. The molecule has 1 aromatic carbocycles. The summed E-state index contributed by atoms with van der Waals surface area (Å²) in [6, 6.07) is 7.40. The molecule has 3 aromatic rings. The van der Waals surface area contributed by atoms with Gasteiger partial charge < -0.3 is 14.8 Å². The number of aromatic hydroxyl groups is 1. The van der Waals surface area contributed by atoms with Gasteiger partial charge in [-0.2, -0.15) is 0 Å². The summed E-state index contributed by atoms with van der Waals surface area (Å²) < 4.78 is 4.87. The van der Waals surface area contributed by atoms with E-state index in [1.165, 1.54) is 11.3 Å². The van der Waals surface area contributed by atoms with E-state index < -0.39 is 0 Å². The van der Waals surface area contributed by atoms with E-state index in [4.69, 9.17) is 4.74 Å². The van der Waals surface area contributed by atoms with Gasteiger partial charge in [0.25, 0.3) is 0 Å². The molecule has 2 heterocycles. The van der Waals surface area contributed by atoms with Crippen LogP contribution in [0.5, 0.6) is 5.88 Å². The molecule has 0 unspecified atom stereocenters. The van der Waals surface area contributed by atoms with E-state index in [0.717, 1.165) is 10.9 Å². The number of thiazole rings is 1. The Kier molecular flexibility index (Phi) is 4.33. The highest BCUT2D eigenvalue weighted by atomic mass is 32.1. The number of aromatic amines is 1. The number of para-hydroxylation sites is 1. The van der Waals surface area contributed by atoms with E-state index in [2.05, 4.69) is 20.2 Å². The molecule has 0 saturated carbocycles. The predicted octanol–water partition coefficient (Wildman–Crippen LogP) is 3.85. The molecule has 0 fully saturated rings. The van der Waals surface area contributed by atoms with Crippen molar-refractivity contribution >= 4 is 39.0 Å². The smallest absolute Gasteiger partial charge is 0.311 e. The molecule has 0 atom stereocenters. The van der Waals surface area contributed by atoms with Crippen LogP contribution in [0.1, 0.15) is 12.6 Å². The van der Waals surface area contributed by atoms with Crippen molar-refractivity contribution in [3.8, 4) is 5.88 Å². The number of aromatic nitrogens is 2. The highest BCUT2D eigenvalue weighted by Crippen LogP contribution is 2.36. The number of H-pyrrole nitrogens is 1. The average molecular weight is 330 g/mol. The van der Waals surface area contributed by atoms with Crippen LogP contribution >= 0.6 is 11.3 Å². The molecule has 118 valence electrons. The molecule has 2 N–H and O–H groups in total. The lowest BCUT2D eigenvalue weighted by molar-refractivity contribution is -0.142. The van der Waals surface area contributed by atoms with Crippen LogP contribution in [0.2, 0.25) is 0 Å². The van der Waals surface area contributed by atoms with Gasteiger partial charge in [-0.1, -0.05) is 18.2 Å². The molecule has 3 rings (SSSR count). The van der Waals surface area contributed by atoms with Gasteiger partial charge in [0.05, 0.1) is 24.2 Å². The van der Waals surface area contributed by atoms with Crippen LogP contribution in [0.25, 0.3) is 10.9 Å². The Balaban J connectivity index is 1.79. The van der Waals surface area contributed by atoms with E-state index in [1.807, 2.05) is 24.3 Å². The molecule has 0 spiro atoms. The number of rotatable bonds is 5. The van der Waals surface area contributed by atoms with Crippen molar-refractivity contribution in [2.45, 2.75) is 13.3 Å². The number of esters is 1. The largest absolute Gasteiger partial charge is 0.493 e. The fraction of sp³-hybridized carbons (Fsp3) is 0.200. The van der Waals surface area contributed by atoms with E-state index >= 15 is 0 Å². The van der Waals surface area contributed by atoms with Gasteiger partial charge in [0.2, 0.25) is 11.0 Å². The molecule has 0 radical (unpaired) electrons. The second-order valence-corrected chi connectivity index (χ2v) is 5.51. The van der Waals surface area contributed by atoms with Crippen LogP contribution in [0.3, 0.4) is 0 Å². The van der Waals surface area contributed by atoms with Gasteiger partial charge in [-0.25, -0.2) is 4.98 Å². The quantitative estimate of drug-likeness (QED) is 0.548. The topological polar surface area (TPSA) is 99.9 Å². The first-order valence-electron chi connectivity index (χ1n) is 6.99. The molecule has 23 heavy (non-hydrogen) atoms. The Morgan fingerprint density at radius 3 is 3.04 bits per heavy atom. The normalized spacial score (nSPS) is 11.3. The van der Waals surface area contributed by atoms with Crippen molar-refractivity contribution in [1.82, 2.24) is 9.97 Å². The number of carbonyl (C=O) groups excluding carboxylic acids is 1. The van der Waals surface area contributed by atoms with Crippen LogP contribution < -0.4 is 0 Å². The zero-order valence-electron chi connectivity index (χ0n) is 12.3. The second kappa shape index (κ2) is 6.57. The van der Waals surface area contributed by atoms with E-state index in [1.54, 1.807) is 12.3 Å². The van der Waals surface area contributed by atoms with Crippen LogP contribution in [0, 0.1) is 0 Å². The molecule has 2 aromatic heterocycles. The molecule has 0 amide bonds. The maximum atomic E-state index is 11.4. The molecular weight excluding hydrogens is 316 g/mol. The minimum atomic E-state index is -0.324. The molecule has 0 aliphatic carbocycles. The number of hydrogen-bond acceptors (Lipinski definition) is 7. The van der Waals surface area contributed by atoms with Gasteiger partial charge in [-0.05, 0) is 13.0 Å². The standard InChI is InChI=1S/C15H14N4O3S/c1-2-22-12(20)7-9-8-23-15(16-9)19-18-13-10-5-3-4-6-11(10)17-14(13)21/h3-6,8,17,21H,2,7H2,1H3. The van der Waals surface area contributed by atoms with Gasteiger partial charge in [0.1, 0.15) is 0 Å². The van der Waals surface area contributed by atoms with Gasteiger partial charge in [0.15, 0.2) is 5.69 Å². The first-order valence-corrected chi connectivity index (χ1v) is 7.86. The number of nitrogens with zero attached hydrogens (tertiary/aromatic N) is 3. The second-order valence-electron chi connectivity index (χ2n) is 4.67. The number of fused-ring (bicyclic) bond motifs is 1. The van der Waals surface area contributed by atoms with Crippen molar-refractivity contribution in [2.75, 3.05) is 6.61 Å². The van der Waals surface area contributed by atoms with Crippen molar-refractivity contribution in [2.24, 2.45) is 10.2 Å². The maximum absolute atomic E-state index is 11.4. The summed E-state index contributed by atoms with van der Waals surface area (Å²) in [6.07, 6.45) is 0.109. The zero-order valence-corrected chi connectivity index (χ0v) is 13.1. The fourth-order valence-corrected chi connectivity index (χ4v) is 2.73. The SMILES string of the molecule is CCOC(=O)Cc1csc(N=Nc2c(O)[nH]c3ccccc23)n1. The number of benzene rings is 1. The van der Waals surface area contributed by atoms with E-state index in [9.17, 15) is 9.90 Å². The summed E-state index contributed by atoms with van der Waals surface area (Å²) in [7, 11) is 0. The highest BCUT2D eigenvalue weighted by Gasteiger charge is 2.11. The van der Waals surface area contributed by atoms with Crippen molar-refractivity contribution in [1.29, 1.82) is 0 Å². The first-order chi connectivity index (χ1) is 11.2. The van der Waals surface area contributed by atoms with Crippen LogP contribution in [0.15, 0.2) is 39.9 Å². The lowest BCUT2D eigenvalue weighted by Gasteiger charge is -1.97. The molecule has 8 heteroatoms. The lowest BCUT2D eigenvalue weighted by atomic mass is 10.2. The summed E-state index contributed by atoms with van der Waals surface area (Å²) in [5.74, 6) is -0.367.